The van der Waals surface area contributed by atoms with Crippen molar-refractivity contribution < 1.29 is 21.6 Å². The van der Waals surface area contributed by atoms with Crippen molar-refractivity contribution in [3.63, 3.8) is 0 Å². The van der Waals surface area contributed by atoms with Crippen LogP contribution in [0, 0.1) is 0 Å². The predicted molar refractivity (Wildman–Crippen MR) is 122 cm³/mol. The molecule has 0 aliphatic carbocycles. The van der Waals surface area contributed by atoms with Crippen molar-refractivity contribution in [2.75, 3.05) is 29.4 Å². The molecule has 0 spiro atoms. The molecule has 0 unspecified atom stereocenters. The highest BCUT2D eigenvalue weighted by molar-refractivity contribution is 7.98. The SMILES string of the molecule is CSc1ccc(S(=O)(=O)Nc2ccc(S(=O)(=O)N3CCCCC3)cc2)cc1NC(C)=O. The predicted octanol–water partition coefficient (Wildman–Crippen LogP) is 3.34. The van der Waals surface area contributed by atoms with Gasteiger partial charge in [0.2, 0.25) is 15.9 Å². The molecule has 1 aliphatic rings. The van der Waals surface area contributed by atoms with E-state index in [1.165, 1.54) is 59.4 Å². The minimum atomic E-state index is -3.94. The van der Waals surface area contributed by atoms with Crippen molar-refractivity contribution in [3.05, 3.63) is 42.5 Å². The Balaban J connectivity index is 1.81. The summed E-state index contributed by atoms with van der Waals surface area (Å²) in [7, 11) is -7.52. The first-order valence-corrected chi connectivity index (χ1v) is 13.9. The van der Waals surface area contributed by atoms with Crippen LogP contribution in [-0.2, 0) is 24.8 Å². The fourth-order valence-corrected chi connectivity index (χ4v) is 6.44. The number of amides is 1. The second kappa shape index (κ2) is 9.60. The van der Waals surface area contributed by atoms with Gasteiger partial charge in [-0.1, -0.05) is 6.42 Å². The Morgan fingerprint density at radius 1 is 0.935 bits per heavy atom. The molecule has 0 atom stereocenters. The van der Waals surface area contributed by atoms with Crippen molar-refractivity contribution in [3.8, 4) is 0 Å². The number of thioether (sulfide) groups is 1. The van der Waals surface area contributed by atoms with Crippen molar-refractivity contribution in [1.29, 1.82) is 0 Å². The van der Waals surface area contributed by atoms with E-state index in [2.05, 4.69) is 10.0 Å². The van der Waals surface area contributed by atoms with E-state index in [0.29, 0.717) is 18.8 Å². The fourth-order valence-electron chi connectivity index (χ4n) is 3.30. The molecule has 1 saturated heterocycles. The van der Waals surface area contributed by atoms with Crippen molar-refractivity contribution in [2.24, 2.45) is 0 Å². The van der Waals surface area contributed by atoms with Gasteiger partial charge in [-0.05, 0) is 61.6 Å². The maximum Gasteiger partial charge on any atom is 0.261 e. The lowest BCUT2D eigenvalue weighted by Crippen LogP contribution is -2.35. The molecule has 1 fully saturated rings. The highest BCUT2D eigenvalue weighted by Gasteiger charge is 2.26. The zero-order valence-electron chi connectivity index (χ0n) is 17.3. The van der Waals surface area contributed by atoms with Crippen LogP contribution in [0.3, 0.4) is 0 Å². The summed E-state index contributed by atoms with van der Waals surface area (Å²) >= 11 is 1.39. The number of rotatable bonds is 7. The number of hydrogen-bond donors (Lipinski definition) is 2. The maximum atomic E-state index is 12.8. The Labute approximate surface area is 187 Å². The average molecular weight is 484 g/mol. The minimum absolute atomic E-state index is 0.0148. The van der Waals surface area contributed by atoms with E-state index in [0.717, 1.165) is 24.2 Å². The third kappa shape index (κ3) is 5.59. The van der Waals surface area contributed by atoms with E-state index in [1.807, 2.05) is 6.26 Å². The van der Waals surface area contributed by atoms with Crippen LogP contribution in [0.5, 0.6) is 0 Å². The molecule has 11 heteroatoms. The molecule has 3 rings (SSSR count). The zero-order valence-corrected chi connectivity index (χ0v) is 19.7. The Morgan fingerprint density at radius 2 is 1.55 bits per heavy atom. The van der Waals surface area contributed by atoms with E-state index in [9.17, 15) is 21.6 Å². The summed E-state index contributed by atoms with van der Waals surface area (Å²) in [6, 6.07) is 10.1. The number of carbonyl (C=O) groups is 1. The highest BCUT2D eigenvalue weighted by atomic mass is 32.2. The van der Waals surface area contributed by atoms with Crippen LogP contribution in [0.25, 0.3) is 0 Å². The number of piperidine rings is 1. The molecule has 1 amide bonds. The van der Waals surface area contributed by atoms with Crippen LogP contribution in [-0.4, -0.2) is 46.4 Å². The van der Waals surface area contributed by atoms with Crippen molar-refractivity contribution in [2.45, 2.75) is 40.9 Å². The minimum Gasteiger partial charge on any atom is -0.325 e. The lowest BCUT2D eigenvalue weighted by Gasteiger charge is -2.25. The third-order valence-electron chi connectivity index (χ3n) is 4.85. The van der Waals surface area contributed by atoms with Crippen LogP contribution in [0.1, 0.15) is 26.2 Å². The monoisotopic (exact) mass is 483 g/mol. The number of nitrogens with zero attached hydrogens (tertiary/aromatic N) is 1. The van der Waals surface area contributed by atoms with Crippen LogP contribution in [0.2, 0.25) is 0 Å². The maximum absolute atomic E-state index is 12.8. The van der Waals surface area contributed by atoms with E-state index in [1.54, 1.807) is 6.07 Å². The van der Waals surface area contributed by atoms with E-state index < -0.39 is 20.0 Å². The molecule has 0 saturated carbocycles. The molecule has 2 aromatic carbocycles. The largest absolute Gasteiger partial charge is 0.325 e. The summed E-state index contributed by atoms with van der Waals surface area (Å²) in [6.07, 6.45) is 4.53. The van der Waals surface area contributed by atoms with Gasteiger partial charge < -0.3 is 5.32 Å². The zero-order chi connectivity index (χ0) is 22.6. The van der Waals surface area contributed by atoms with Crippen LogP contribution in [0.15, 0.2) is 57.2 Å². The van der Waals surface area contributed by atoms with E-state index in [4.69, 9.17) is 0 Å². The highest BCUT2D eigenvalue weighted by Crippen LogP contribution is 2.29. The first kappa shape index (κ1) is 23.6. The molecule has 8 nitrogen and oxygen atoms in total. The number of hydrogen-bond acceptors (Lipinski definition) is 6. The van der Waals surface area contributed by atoms with E-state index >= 15 is 0 Å². The lowest BCUT2D eigenvalue weighted by molar-refractivity contribution is -0.114. The molecule has 1 heterocycles. The normalized spacial score (nSPS) is 15.4. The van der Waals surface area contributed by atoms with Crippen molar-refractivity contribution in [1.82, 2.24) is 4.31 Å². The Bertz CT molecular complexity index is 1160. The molecule has 1 aliphatic heterocycles. The Morgan fingerprint density at radius 3 is 2.13 bits per heavy atom. The molecule has 31 heavy (non-hydrogen) atoms. The van der Waals surface area contributed by atoms with Gasteiger partial charge in [-0.3, -0.25) is 9.52 Å². The van der Waals surface area contributed by atoms with Crippen molar-refractivity contribution >= 4 is 49.1 Å². The summed E-state index contributed by atoms with van der Waals surface area (Å²) in [5.74, 6) is -0.302. The summed E-state index contributed by atoms with van der Waals surface area (Å²) < 4.78 is 55.0. The number of nitrogens with one attached hydrogen (secondary N) is 2. The number of carbonyl (C=O) groups excluding carboxylic acids is 1. The molecule has 0 radical (unpaired) electrons. The molecular formula is C20H25N3O5S3. The summed E-state index contributed by atoms with van der Waals surface area (Å²) in [4.78, 5) is 12.3. The quantitative estimate of drug-likeness (QED) is 0.584. The average Bonchev–Trinajstić information content (AvgIpc) is 2.74. The smallest absolute Gasteiger partial charge is 0.261 e. The molecular weight excluding hydrogens is 458 g/mol. The van der Waals surface area contributed by atoms with Crippen LogP contribution in [0.4, 0.5) is 11.4 Å². The topological polar surface area (TPSA) is 113 Å². The van der Waals surface area contributed by atoms with E-state index in [-0.39, 0.29) is 21.4 Å². The van der Waals surface area contributed by atoms with Crippen LogP contribution < -0.4 is 10.0 Å². The van der Waals surface area contributed by atoms with Gasteiger partial charge in [0.05, 0.1) is 15.5 Å². The van der Waals surface area contributed by atoms with Gasteiger partial charge in [0.1, 0.15) is 0 Å². The Hall–Kier alpha value is -2.08. The second-order valence-corrected chi connectivity index (χ2v) is 11.6. The van der Waals surface area contributed by atoms with Gasteiger partial charge >= 0.3 is 0 Å². The second-order valence-electron chi connectivity index (χ2n) is 7.14. The molecule has 2 N–H and O–H groups in total. The summed E-state index contributed by atoms with van der Waals surface area (Å²) in [5, 5.41) is 2.63. The van der Waals surface area contributed by atoms with Gasteiger partial charge in [0, 0.05) is 30.6 Å². The summed E-state index contributed by atoms with van der Waals surface area (Å²) in [5.41, 5.74) is 0.651. The summed E-state index contributed by atoms with van der Waals surface area (Å²) in [6.45, 7) is 2.35. The standard InChI is InChI=1S/C20H25N3O5S3/c1-15(24)21-19-14-18(10-11-20(19)29-2)30(25,26)22-16-6-8-17(9-7-16)31(27,28)23-12-4-3-5-13-23/h6-11,14,22H,3-5,12-13H2,1-2H3,(H,21,24). The molecule has 0 bridgehead atoms. The van der Waals surface area contributed by atoms with Gasteiger partial charge in [0.15, 0.2) is 0 Å². The molecule has 168 valence electrons. The lowest BCUT2D eigenvalue weighted by atomic mass is 10.2. The van der Waals surface area contributed by atoms with Crippen LogP contribution >= 0.6 is 11.8 Å². The van der Waals surface area contributed by atoms with Gasteiger partial charge in [-0.25, -0.2) is 16.8 Å². The number of benzene rings is 2. The Kier molecular flexibility index (Phi) is 7.30. The molecule has 2 aromatic rings. The first-order chi connectivity index (χ1) is 14.6. The first-order valence-electron chi connectivity index (χ1n) is 9.72. The number of anilines is 2. The third-order valence-corrected chi connectivity index (χ3v) is 8.94. The van der Waals surface area contributed by atoms with Gasteiger partial charge in [-0.15, -0.1) is 11.8 Å². The fraction of sp³-hybridized carbons (Fsp3) is 0.350. The number of sulfonamides is 2. The van der Waals surface area contributed by atoms with Gasteiger partial charge in [-0.2, -0.15) is 4.31 Å². The van der Waals surface area contributed by atoms with Gasteiger partial charge in [0.25, 0.3) is 10.0 Å². The molecule has 0 aromatic heterocycles.